The van der Waals surface area contributed by atoms with Crippen molar-refractivity contribution in [2.45, 2.75) is 17.5 Å². The molecule has 0 aliphatic carbocycles. The van der Waals surface area contributed by atoms with Crippen molar-refractivity contribution < 1.29 is 9.90 Å². The van der Waals surface area contributed by atoms with Gasteiger partial charge in [-0.2, -0.15) is 0 Å². The van der Waals surface area contributed by atoms with Crippen molar-refractivity contribution in [2.24, 2.45) is 0 Å². The van der Waals surface area contributed by atoms with Crippen LogP contribution in [-0.2, 0) is 6.54 Å². The highest BCUT2D eigenvalue weighted by molar-refractivity contribution is 7.98. The third-order valence-electron chi connectivity index (χ3n) is 3.54. The lowest BCUT2D eigenvalue weighted by Crippen LogP contribution is -2.22. The van der Waals surface area contributed by atoms with E-state index in [9.17, 15) is 9.90 Å². The van der Waals surface area contributed by atoms with Crippen LogP contribution in [0.1, 0.15) is 31.1 Å². The molecule has 0 radical (unpaired) electrons. The minimum absolute atomic E-state index is 0.0753. The van der Waals surface area contributed by atoms with Gasteiger partial charge in [0.25, 0.3) is 5.91 Å². The number of aliphatic hydroxyl groups is 1. The number of thioether (sulfide) groups is 1. The number of carbonyl (C=O) groups is 1. The summed E-state index contributed by atoms with van der Waals surface area (Å²) in [4.78, 5) is 16.2. The lowest BCUT2D eigenvalue weighted by Gasteiger charge is -2.08. The molecule has 124 valence electrons. The molecule has 2 heterocycles. The molecule has 0 saturated heterocycles. The maximum atomic E-state index is 12.4. The molecule has 0 spiro atoms. The lowest BCUT2D eigenvalue weighted by atomic mass is 10.2. The third kappa shape index (κ3) is 3.89. The fraction of sp³-hybridized carbons (Fsp3) is 0.167. The summed E-state index contributed by atoms with van der Waals surface area (Å²) in [6, 6.07) is 15.3. The van der Waals surface area contributed by atoms with Crippen LogP contribution in [0.3, 0.4) is 0 Å². The molecule has 0 bridgehead atoms. The number of nitrogens with one attached hydrogen (secondary N) is 1. The number of benzene rings is 1. The number of amides is 1. The van der Waals surface area contributed by atoms with Gasteiger partial charge in [-0.15, -0.1) is 34.4 Å². The Bertz CT molecular complexity index is 811. The molecule has 2 N–H and O–H groups in total. The van der Waals surface area contributed by atoms with Crippen LogP contribution in [-0.4, -0.2) is 17.3 Å². The number of thiophene rings is 2. The second kappa shape index (κ2) is 7.98. The van der Waals surface area contributed by atoms with Gasteiger partial charge in [-0.25, -0.2) is 0 Å². The number of hydrogen-bond acceptors (Lipinski definition) is 5. The van der Waals surface area contributed by atoms with Crippen molar-refractivity contribution >= 4 is 40.3 Å². The third-order valence-corrected chi connectivity index (χ3v) is 6.40. The van der Waals surface area contributed by atoms with Crippen molar-refractivity contribution in [3.63, 3.8) is 0 Å². The van der Waals surface area contributed by atoms with Crippen LogP contribution in [0.5, 0.6) is 0 Å². The van der Waals surface area contributed by atoms with Crippen LogP contribution in [0.2, 0.25) is 0 Å². The van der Waals surface area contributed by atoms with Crippen LogP contribution >= 0.6 is 34.4 Å². The molecule has 24 heavy (non-hydrogen) atoms. The van der Waals surface area contributed by atoms with E-state index < -0.39 is 6.10 Å². The predicted octanol–water partition coefficient (Wildman–Crippen LogP) is 4.54. The van der Waals surface area contributed by atoms with Gasteiger partial charge in [-0.05, 0) is 42.0 Å². The molecular weight excluding hydrogens is 358 g/mol. The van der Waals surface area contributed by atoms with Gasteiger partial charge in [0.2, 0.25) is 0 Å². The Balaban J connectivity index is 1.64. The first-order chi connectivity index (χ1) is 11.7. The highest BCUT2D eigenvalue weighted by Crippen LogP contribution is 2.31. The smallest absolute Gasteiger partial charge is 0.252 e. The Morgan fingerprint density at radius 3 is 2.75 bits per heavy atom. The lowest BCUT2D eigenvalue weighted by molar-refractivity contribution is 0.0948. The molecule has 0 fully saturated rings. The SMILES string of the molecule is CSc1ccccc1C(=O)NCc1ccc([C@@H](O)c2cccs2)s1. The van der Waals surface area contributed by atoms with E-state index in [0.717, 1.165) is 19.5 Å². The molecular formula is C18H17NO2S3. The molecule has 0 saturated carbocycles. The summed E-state index contributed by atoms with van der Waals surface area (Å²) in [5, 5.41) is 15.3. The number of rotatable bonds is 6. The monoisotopic (exact) mass is 375 g/mol. The Hall–Kier alpha value is -1.60. The first-order valence-electron chi connectivity index (χ1n) is 7.40. The molecule has 0 aliphatic heterocycles. The Morgan fingerprint density at radius 1 is 1.17 bits per heavy atom. The zero-order valence-corrected chi connectivity index (χ0v) is 15.5. The molecule has 3 rings (SSSR count). The second-order valence-electron chi connectivity index (χ2n) is 5.10. The summed E-state index contributed by atoms with van der Waals surface area (Å²) in [7, 11) is 0. The minimum Gasteiger partial charge on any atom is -0.382 e. The average molecular weight is 376 g/mol. The Morgan fingerprint density at radius 2 is 2.00 bits per heavy atom. The van der Waals surface area contributed by atoms with Gasteiger partial charge < -0.3 is 10.4 Å². The molecule has 3 aromatic rings. The molecule has 1 atom stereocenters. The molecule has 6 heteroatoms. The topological polar surface area (TPSA) is 49.3 Å². The summed E-state index contributed by atoms with van der Waals surface area (Å²) in [6.45, 7) is 0.462. The maximum Gasteiger partial charge on any atom is 0.252 e. The Labute approximate surface area is 153 Å². The first kappa shape index (κ1) is 17.2. The minimum atomic E-state index is -0.586. The van der Waals surface area contributed by atoms with Crippen molar-refractivity contribution in [1.29, 1.82) is 0 Å². The fourth-order valence-electron chi connectivity index (χ4n) is 2.32. The quantitative estimate of drug-likeness (QED) is 0.622. The Kier molecular flexibility index (Phi) is 5.73. The van der Waals surface area contributed by atoms with Crippen molar-refractivity contribution in [1.82, 2.24) is 5.32 Å². The summed E-state index contributed by atoms with van der Waals surface area (Å²) in [6.07, 6.45) is 1.38. The van der Waals surface area contributed by atoms with Crippen LogP contribution in [0, 0.1) is 0 Å². The standard InChI is InChI=1S/C18H17NO2S3/c1-22-14-6-3-2-5-13(14)18(21)19-11-12-8-9-16(24-12)17(20)15-7-4-10-23-15/h2-10,17,20H,11H2,1H3,(H,19,21)/t17-/m0/s1. The summed E-state index contributed by atoms with van der Waals surface area (Å²) >= 11 is 4.62. The van der Waals surface area contributed by atoms with Crippen molar-refractivity contribution in [3.8, 4) is 0 Å². The van der Waals surface area contributed by atoms with Gasteiger partial charge in [0.05, 0.1) is 12.1 Å². The van der Waals surface area contributed by atoms with Crippen molar-refractivity contribution in [2.75, 3.05) is 6.26 Å². The van der Waals surface area contributed by atoms with E-state index in [2.05, 4.69) is 5.32 Å². The van der Waals surface area contributed by atoms with Crippen LogP contribution in [0.15, 0.2) is 58.8 Å². The summed E-state index contributed by atoms with van der Waals surface area (Å²) < 4.78 is 0. The van der Waals surface area contributed by atoms with Crippen LogP contribution in [0.4, 0.5) is 0 Å². The van der Waals surface area contributed by atoms with Gasteiger partial charge >= 0.3 is 0 Å². The number of carbonyl (C=O) groups excluding carboxylic acids is 1. The highest BCUT2D eigenvalue weighted by Gasteiger charge is 2.15. The van der Waals surface area contributed by atoms with Gasteiger partial charge in [0, 0.05) is 19.5 Å². The van der Waals surface area contributed by atoms with E-state index >= 15 is 0 Å². The van der Waals surface area contributed by atoms with Gasteiger partial charge in [-0.3, -0.25) is 4.79 Å². The second-order valence-corrected chi connectivity index (χ2v) is 8.13. The van der Waals surface area contributed by atoms with E-state index in [-0.39, 0.29) is 5.91 Å². The normalized spacial score (nSPS) is 12.1. The van der Waals surface area contributed by atoms with E-state index in [4.69, 9.17) is 0 Å². The largest absolute Gasteiger partial charge is 0.382 e. The highest BCUT2D eigenvalue weighted by atomic mass is 32.2. The van der Waals surface area contributed by atoms with E-state index in [1.807, 2.05) is 60.2 Å². The fourth-order valence-corrected chi connectivity index (χ4v) is 4.67. The van der Waals surface area contributed by atoms with E-state index in [1.54, 1.807) is 11.8 Å². The summed E-state index contributed by atoms with van der Waals surface area (Å²) in [5.74, 6) is -0.0753. The molecule has 3 nitrogen and oxygen atoms in total. The molecule has 0 unspecified atom stereocenters. The van der Waals surface area contributed by atoms with E-state index in [1.165, 1.54) is 22.7 Å². The molecule has 1 aromatic carbocycles. The maximum absolute atomic E-state index is 12.4. The predicted molar refractivity (Wildman–Crippen MR) is 102 cm³/mol. The van der Waals surface area contributed by atoms with Gasteiger partial charge in [0.1, 0.15) is 6.10 Å². The molecule has 2 aromatic heterocycles. The average Bonchev–Trinajstić information content (AvgIpc) is 3.30. The number of aliphatic hydroxyl groups excluding tert-OH is 1. The van der Waals surface area contributed by atoms with E-state index in [0.29, 0.717) is 12.1 Å². The van der Waals surface area contributed by atoms with Gasteiger partial charge in [-0.1, -0.05) is 18.2 Å². The zero-order chi connectivity index (χ0) is 16.9. The first-order valence-corrected chi connectivity index (χ1v) is 10.3. The molecule has 1 amide bonds. The van der Waals surface area contributed by atoms with Gasteiger partial charge in [0.15, 0.2) is 0 Å². The molecule has 0 aliphatic rings. The zero-order valence-electron chi connectivity index (χ0n) is 13.1. The van der Waals surface area contributed by atoms with Crippen LogP contribution < -0.4 is 5.32 Å². The number of hydrogen-bond donors (Lipinski definition) is 2. The summed E-state index contributed by atoms with van der Waals surface area (Å²) in [5.41, 5.74) is 0.695. The van der Waals surface area contributed by atoms with Crippen LogP contribution in [0.25, 0.3) is 0 Å². The van der Waals surface area contributed by atoms with Crippen molar-refractivity contribution in [3.05, 3.63) is 74.1 Å².